The number of anilines is 4. The van der Waals surface area contributed by atoms with Crippen LogP contribution in [0.3, 0.4) is 0 Å². The fourth-order valence-corrected chi connectivity index (χ4v) is 4.08. The third-order valence-electron chi connectivity index (χ3n) is 6.07. The Hall–Kier alpha value is -3.66. The highest BCUT2D eigenvalue weighted by molar-refractivity contribution is 6.12. The summed E-state index contributed by atoms with van der Waals surface area (Å²) >= 11 is 0. The van der Waals surface area contributed by atoms with E-state index >= 15 is 0 Å². The quantitative estimate of drug-likeness (QED) is 0.495. The Morgan fingerprint density at radius 1 is 1.00 bits per heavy atom. The number of carbonyl (C=O) groups is 1. The summed E-state index contributed by atoms with van der Waals surface area (Å²) in [7, 11) is 0. The molecule has 0 spiro atoms. The van der Waals surface area contributed by atoms with Crippen LogP contribution in [0.2, 0.25) is 0 Å². The number of carbonyl (C=O) groups excluding carboxylic acids is 1. The van der Waals surface area contributed by atoms with Crippen molar-refractivity contribution in [2.24, 2.45) is 0 Å². The van der Waals surface area contributed by atoms with Gasteiger partial charge in [0.05, 0.1) is 11.1 Å². The Morgan fingerprint density at radius 2 is 1.66 bits per heavy atom. The molecular weight excluding hydrogens is 457 g/mol. The van der Waals surface area contributed by atoms with Crippen molar-refractivity contribution >= 4 is 28.9 Å². The molecule has 3 N–H and O–H groups in total. The first-order chi connectivity index (χ1) is 16.6. The van der Waals surface area contributed by atoms with E-state index in [1.807, 2.05) is 24.3 Å². The summed E-state index contributed by atoms with van der Waals surface area (Å²) in [5, 5.41) is 3.02. The van der Waals surface area contributed by atoms with E-state index in [1.165, 1.54) is 12.1 Å². The van der Waals surface area contributed by atoms with Gasteiger partial charge in [0.1, 0.15) is 5.82 Å². The van der Waals surface area contributed by atoms with Crippen LogP contribution in [0, 0.1) is 0 Å². The maximum atomic E-state index is 13.3. The summed E-state index contributed by atoms with van der Waals surface area (Å²) < 4.78 is 39.9. The van der Waals surface area contributed by atoms with Gasteiger partial charge >= 0.3 is 6.18 Å². The maximum absolute atomic E-state index is 13.3. The molecule has 1 aliphatic rings. The zero-order valence-corrected chi connectivity index (χ0v) is 19.5. The normalized spacial score (nSPS) is 14.9. The number of nitrogens with one attached hydrogen (secondary N) is 1. The number of nitrogens with zero attached hydrogens (tertiary/aromatic N) is 4. The molecule has 10 heteroatoms. The molecule has 0 amide bonds. The van der Waals surface area contributed by atoms with Crippen LogP contribution in [0.5, 0.6) is 0 Å². The molecule has 3 aromatic rings. The number of piperazine rings is 1. The molecule has 1 saturated heterocycles. The van der Waals surface area contributed by atoms with Crippen LogP contribution in [-0.2, 0) is 6.18 Å². The van der Waals surface area contributed by atoms with Gasteiger partial charge in [0.2, 0.25) is 5.95 Å². The topological polar surface area (TPSA) is 87.4 Å². The van der Waals surface area contributed by atoms with Gasteiger partial charge in [-0.15, -0.1) is 0 Å². The van der Waals surface area contributed by atoms with Crippen LogP contribution in [-0.4, -0.2) is 52.9 Å². The first kappa shape index (κ1) is 24.5. The van der Waals surface area contributed by atoms with Crippen molar-refractivity contribution in [3.8, 4) is 0 Å². The largest absolute Gasteiger partial charge is 0.417 e. The second-order valence-corrected chi connectivity index (χ2v) is 8.65. The number of benzene rings is 2. The summed E-state index contributed by atoms with van der Waals surface area (Å²) in [6, 6.07) is 12.9. The van der Waals surface area contributed by atoms with Crippen molar-refractivity contribution in [3.63, 3.8) is 0 Å². The number of halogens is 3. The van der Waals surface area contributed by atoms with Gasteiger partial charge in [0.15, 0.2) is 5.78 Å². The van der Waals surface area contributed by atoms with Crippen molar-refractivity contribution in [3.05, 3.63) is 71.4 Å². The SMILES string of the molecule is CC(C)N1CCN(c2ccc(Nc3ncc(C(=O)c4ccccc4C(F)(F)F)c(N)n3)cc2)CC1. The van der Waals surface area contributed by atoms with E-state index in [9.17, 15) is 18.0 Å². The summed E-state index contributed by atoms with van der Waals surface area (Å²) in [5.74, 6) is -0.950. The number of alkyl halides is 3. The molecule has 2 heterocycles. The van der Waals surface area contributed by atoms with Crippen LogP contribution in [0.15, 0.2) is 54.7 Å². The number of rotatable bonds is 6. The Morgan fingerprint density at radius 3 is 2.26 bits per heavy atom. The Balaban J connectivity index is 1.45. The predicted molar refractivity (Wildman–Crippen MR) is 130 cm³/mol. The van der Waals surface area contributed by atoms with Gasteiger partial charge in [-0.05, 0) is 44.2 Å². The Kier molecular flexibility index (Phi) is 6.93. The van der Waals surface area contributed by atoms with E-state index in [2.05, 4.69) is 38.9 Å². The molecular formula is C25H27F3N6O. The second-order valence-electron chi connectivity index (χ2n) is 8.65. The fraction of sp³-hybridized carbons (Fsp3) is 0.320. The van der Waals surface area contributed by atoms with Gasteiger partial charge in [0, 0.05) is 55.4 Å². The highest BCUT2D eigenvalue weighted by atomic mass is 19.4. The average Bonchev–Trinajstić information content (AvgIpc) is 2.84. The van der Waals surface area contributed by atoms with E-state index in [-0.39, 0.29) is 17.3 Å². The monoisotopic (exact) mass is 484 g/mol. The number of nitrogens with two attached hydrogens (primary N) is 1. The molecule has 1 aliphatic heterocycles. The number of hydrogen-bond donors (Lipinski definition) is 2. The average molecular weight is 485 g/mol. The first-order valence-corrected chi connectivity index (χ1v) is 11.3. The lowest BCUT2D eigenvalue weighted by Gasteiger charge is -2.38. The maximum Gasteiger partial charge on any atom is 0.417 e. The minimum atomic E-state index is -4.67. The number of aromatic nitrogens is 2. The van der Waals surface area contributed by atoms with Crippen molar-refractivity contribution < 1.29 is 18.0 Å². The summed E-state index contributed by atoms with van der Waals surface area (Å²) in [4.78, 5) is 25.7. The number of ketones is 1. The molecule has 2 aromatic carbocycles. The third-order valence-corrected chi connectivity index (χ3v) is 6.07. The van der Waals surface area contributed by atoms with Crippen molar-refractivity contribution in [2.45, 2.75) is 26.1 Å². The molecule has 0 saturated carbocycles. The van der Waals surface area contributed by atoms with E-state index < -0.39 is 23.1 Å². The number of hydrogen-bond acceptors (Lipinski definition) is 7. The third kappa shape index (κ3) is 5.54. The van der Waals surface area contributed by atoms with Gasteiger partial charge in [-0.1, -0.05) is 18.2 Å². The van der Waals surface area contributed by atoms with Crippen LogP contribution in [0.4, 0.5) is 36.3 Å². The lowest BCUT2D eigenvalue weighted by atomic mass is 9.99. The van der Waals surface area contributed by atoms with Gasteiger partial charge in [0.25, 0.3) is 0 Å². The molecule has 35 heavy (non-hydrogen) atoms. The van der Waals surface area contributed by atoms with E-state index in [0.29, 0.717) is 6.04 Å². The van der Waals surface area contributed by atoms with Gasteiger partial charge < -0.3 is 16.0 Å². The van der Waals surface area contributed by atoms with Crippen LogP contribution in [0.25, 0.3) is 0 Å². The highest BCUT2D eigenvalue weighted by Gasteiger charge is 2.35. The summed E-state index contributed by atoms with van der Waals surface area (Å²) in [6.07, 6.45) is -3.53. The van der Waals surface area contributed by atoms with E-state index in [0.717, 1.165) is 55.9 Å². The zero-order valence-electron chi connectivity index (χ0n) is 19.5. The van der Waals surface area contributed by atoms with E-state index in [1.54, 1.807) is 0 Å². The molecule has 1 fully saturated rings. The van der Waals surface area contributed by atoms with Crippen molar-refractivity contribution in [2.75, 3.05) is 42.1 Å². The Labute approximate surface area is 201 Å². The van der Waals surface area contributed by atoms with Crippen LogP contribution in [0.1, 0.15) is 35.3 Å². The minimum Gasteiger partial charge on any atom is -0.383 e. The van der Waals surface area contributed by atoms with Gasteiger partial charge in [-0.25, -0.2) is 4.98 Å². The molecule has 4 rings (SSSR count). The lowest BCUT2D eigenvalue weighted by molar-refractivity contribution is -0.137. The zero-order chi connectivity index (χ0) is 25.2. The molecule has 0 atom stereocenters. The fourth-order valence-electron chi connectivity index (χ4n) is 4.08. The van der Waals surface area contributed by atoms with Crippen LogP contribution < -0.4 is 16.0 Å². The smallest absolute Gasteiger partial charge is 0.383 e. The summed E-state index contributed by atoms with van der Waals surface area (Å²) in [5.41, 5.74) is 6.03. The van der Waals surface area contributed by atoms with Gasteiger partial charge in [-0.2, -0.15) is 18.2 Å². The predicted octanol–water partition coefficient (Wildman–Crippen LogP) is 4.58. The molecule has 0 bridgehead atoms. The number of nitrogen functional groups attached to an aromatic ring is 1. The second kappa shape index (κ2) is 9.91. The van der Waals surface area contributed by atoms with E-state index in [4.69, 9.17) is 5.73 Å². The van der Waals surface area contributed by atoms with Crippen LogP contribution >= 0.6 is 0 Å². The molecule has 0 radical (unpaired) electrons. The molecule has 7 nitrogen and oxygen atoms in total. The highest BCUT2D eigenvalue weighted by Crippen LogP contribution is 2.33. The van der Waals surface area contributed by atoms with Crippen molar-refractivity contribution in [1.29, 1.82) is 0 Å². The molecule has 0 aliphatic carbocycles. The standard InChI is InChI=1S/C25H27F3N6O/c1-16(2)33-11-13-34(14-12-33)18-9-7-17(8-10-18)31-24-30-15-20(23(29)32-24)22(35)19-5-3-4-6-21(19)25(26,27)28/h3-10,15-16H,11-14H2,1-2H3,(H3,29,30,31,32). The van der Waals surface area contributed by atoms with Crippen molar-refractivity contribution in [1.82, 2.24) is 14.9 Å². The lowest BCUT2D eigenvalue weighted by Crippen LogP contribution is -2.48. The molecule has 184 valence electrons. The Bertz CT molecular complexity index is 1190. The van der Waals surface area contributed by atoms with Gasteiger partial charge in [-0.3, -0.25) is 9.69 Å². The molecule has 1 aromatic heterocycles. The first-order valence-electron chi connectivity index (χ1n) is 11.3. The summed E-state index contributed by atoms with van der Waals surface area (Å²) in [6.45, 7) is 8.35. The minimum absolute atomic E-state index is 0.140. The molecule has 0 unspecified atom stereocenters.